The van der Waals surface area contributed by atoms with E-state index in [2.05, 4.69) is 40.4 Å². The van der Waals surface area contributed by atoms with Gasteiger partial charge in [0.05, 0.1) is 10.7 Å². The maximum Gasteiger partial charge on any atom is 0.0935 e. The summed E-state index contributed by atoms with van der Waals surface area (Å²) in [5, 5.41) is 3.31. The molecule has 2 aromatic rings. The fourth-order valence-electron chi connectivity index (χ4n) is 1.80. The van der Waals surface area contributed by atoms with Gasteiger partial charge >= 0.3 is 0 Å². The Kier molecular flexibility index (Phi) is 4.92. The molecule has 0 spiro atoms. The van der Waals surface area contributed by atoms with Crippen molar-refractivity contribution in [1.29, 1.82) is 0 Å². The summed E-state index contributed by atoms with van der Waals surface area (Å²) in [4.78, 5) is 4.69. The molecule has 0 radical (unpaired) electrons. The van der Waals surface area contributed by atoms with Gasteiger partial charge in [0.25, 0.3) is 0 Å². The Morgan fingerprint density at radius 3 is 2.67 bits per heavy atom. The van der Waals surface area contributed by atoms with Crippen LogP contribution in [0.4, 0.5) is 0 Å². The predicted molar refractivity (Wildman–Crippen MR) is 81.8 cm³/mol. The number of aromatic nitrogens is 1. The lowest BCUT2D eigenvalue weighted by Crippen LogP contribution is -2.15. The number of hydrogen-bond acceptors (Lipinski definition) is 3. The van der Waals surface area contributed by atoms with Crippen molar-refractivity contribution in [2.24, 2.45) is 11.7 Å². The lowest BCUT2D eigenvalue weighted by molar-refractivity contribution is 0.518. The van der Waals surface area contributed by atoms with Crippen LogP contribution in [0.25, 0.3) is 11.3 Å². The van der Waals surface area contributed by atoms with Crippen LogP contribution in [0.3, 0.4) is 0 Å². The minimum atomic E-state index is 0.550. The quantitative estimate of drug-likeness (QED) is 0.899. The van der Waals surface area contributed by atoms with Gasteiger partial charge in [0.2, 0.25) is 0 Å². The Balaban J connectivity index is 2.12. The normalized spacial score (nSPS) is 12.6. The zero-order chi connectivity index (χ0) is 13.0. The summed E-state index contributed by atoms with van der Waals surface area (Å²) in [6.45, 7) is 2.92. The van der Waals surface area contributed by atoms with Crippen LogP contribution in [0.1, 0.15) is 18.4 Å². The SMILES string of the molecule is CCC(CN)Cc1nc(-c2ccc(Br)cc2)cs1. The molecular formula is C14H17BrN2S. The van der Waals surface area contributed by atoms with E-state index in [1.807, 2.05) is 12.1 Å². The van der Waals surface area contributed by atoms with E-state index >= 15 is 0 Å². The van der Waals surface area contributed by atoms with Crippen LogP contribution in [0, 0.1) is 5.92 Å². The van der Waals surface area contributed by atoms with Crippen molar-refractivity contribution in [3.63, 3.8) is 0 Å². The van der Waals surface area contributed by atoms with Crippen LogP contribution < -0.4 is 5.73 Å². The highest BCUT2D eigenvalue weighted by Gasteiger charge is 2.09. The van der Waals surface area contributed by atoms with Crippen LogP contribution in [0.2, 0.25) is 0 Å². The number of hydrogen-bond donors (Lipinski definition) is 1. The van der Waals surface area contributed by atoms with Gasteiger partial charge in [0.1, 0.15) is 0 Å². The second kappa shape index (κ2) is 6.45. The fraction of sp³-hybridized carbons (Fsp3) is 0.357. The first-order valence-corrected chi connectivity index (χ1v) is 7.80. The lowest BCUT2D eigenvalue weighted by Gasteiger charge is -2.08. The van der Waals surface area contributed by atoms with E-state index in [4.69, 9.17) is 10.7 Å². The summed E-state index contributed by atoms with van der Waals surface area (Å²) in [6, 6.07) is 8.26. The number of nitrogens with two attached hydrogens (primary N) is 1. The first-order chi connectivity index (χ1) is 8.72. The van der Waals surface area contributed by atoms with Gasteiger partial charge in [-0.3, -0.25) is 0 Å². The Hall–Kier alpha value is -0.710. The average Bonchev–Trinajstić information content (AvgIpc) is 2.85. The van der Waals surface area contributed by atoms with Gasteiger partial charge in [-0.15, -0.1) is 11.3 Å². The van der Waals surface area contributed by atoms with E-state index in [1.165, 1.54) is 10.6 Å². The van der Waals surface area contributed by atoms with E-state index in [-0.39, 0.29) is 0 Å². The second-order valence-corrected chi connectivity index (χ2v) is 6.21. The summed E-state index contributed by atoms with van der Waals surface area (Å²) < 4.78 is 1.09. The van der Waals surface area contributed by atoms with Gasteiger partial charge in [-0.1, -0.05) is 41.4 Å². The summed E-state index contributed by atoms with van der Waals surface area (Å²) in [7, 11) is 0. The molecule has 1 atom stereocenters. The highest BCUT2D eigenvalue weighted by atomic mass is 79.9. The molecule has 0 bridgehead atoms. The van der Waals surface area contributed by atoms with Crippen molar-refractivity contribution < 1.29 is 0 Å². The molecule has 0 saturated heterocycles. The molecule has 0 aliphatic rings. The maximum atomic E-state index is 5.74. The molecule has 1 unspecified atom stereocenters. The molecule has 1 heterocycles. The number of benzene rings is 1. The fourth-order valence-corrected chi connectivity index (χ4v) is 2.98. The van der Waals surface area contributed by atoms with Gasteiger partial charge in [0, 0.05) is 21.8 Å². The van der Waals surface area contributed by atoms with Gasteiger partial charge in [-0.25, -0.2) is 4.98 Å². The highest BCUT2D eigenvalue weighted by molar-refractivity contribution is 9.10. The Labute approximate surface area is 120 Å². The van der Waals surface area contributed by atoms with Crippen LogP contribution in [-0.4, -0.2) is 11.5 Å². The predicted octanol–water partition coefficient (Wildman–Crippen LogP) is 4.10. The topological polar surface area (TPSA) is 38.9 Å². The smallest absolute Gasteiger partial charge is 0.0935 e. The summed E-state index contributed by atoms with van der Waals surface area (Å²) in [5.74, 6) is 0.550. The molecule has 1 aromatic heterocycles. The summed E-state index contributed by atoms with van der Waals surface area (Å²) >= 11 is 5.17. The molecule has 2 N–H and O–H groups in total. The number of nitrogens with zero attached hydrogens (tertiary/aromatic N) is 1. The van der Waals surface area contributed by atoms with Crippen LogP contribution in [0.5, 0.6) is 0 Å². The largest absolute Gasteiger partial charge is 0.330 e. The molecule has 2 rings (SSSR count). The number of rotatable bonds is 5. The standard InChI is InChI=1S/C14H17BrN2S/c1-2-10(8-16)7-14-17-13(9-18-14)11-3-5-12(15)6-4-11/h3-6,9-10H,2,7-8,16H2,1H3. The van der Waals surface area contributed by atoms with Crippen molar-refractivity contribution >= 4 is 27.3 Å². The summed E-state index contributed by atoms with van der Waals surface area (Å²) in [5.41, 5.74) is 7.97. The van der Waals surface area contributed by atoms with Crippen LogP contribution >= 0.6 is 27.3 Å². The van der Waals surface area contributed by atoms with E-state index in [1.54, 1.807) is 11.3 Å². The Morgan fingerprint density at radius 1 is 1.33 bits per heavy atom. The maximum absolute atomic E-state index is 5.74. The molecule has 0 amide bonds. The third-order valence-electron chi connectivity index (χ3n) is 3.07. The van der Waals surface area contributed by atoms with Crippen molar-refractivity contribution in [2.45, 2.75) is 19.8 Å². The van der Waals surface area contributed by atoms with Gasteiger partial charge in [-0.05, 0) is 24.6 Å². The zero-order valence-electron chi connectivity index (χ0n) is 10.4. The van der Waals surface area contributed by atoms with Crippen molar-refractivity contribution in [2.75, 3.05) is 6.54 Å². The number of thiazole rings is 1. The first-order valence-electron chi connectivity index (χ1n) is 6.13. The monoisotopic (exact) mass is 324 g/mol. The van der Waals surface area contributed by atoms with E-state index in [0.717, 1.165) is 29.6 Å². The van der Waals surface area contributed by atoms with Crippen LogP contribution in [0.15, 0.2) is 34.1 Å². The van der Waals surface area contributed by atoms with Gasteiger partial charge in [0.15, 0.2) is 0 Å². The van der Waals surface area contributed by atoms with Crippen molar-refractivity contribution in [3.05, 3.63) is 39.1 Å². The molecule has 18 heavy (non-hydrogen) atoms. The molecule has 2 nitrogen and oxygen atoms in total. The minimum absolute atomic E-state index is 0.550. The average molecular weight is 325 g/mol. The molecule has 0 aliphatic carbocycles. The first kappa shape index (κ1) is 13.7. The second-order valence-electron chi connectivity index (χ2n) is 4.35. The van der Waals surface area contributed by atoms with Crippen molar-refractivity contribution in [3.8, 4) is 11.3 Å². The molecular weight excluding hydrogens is 308 g/mol. The molecule has 0 fully saturated rings. The van der Waals surface area contributed by atoms with E-state index in [9.17, 15) is 0 Å². The summed E-state index contributed by atoms with van der Waals surface area (Å²) in [6.07, 6.45) is 2.11. The van der Waals surface area contributed by atoms with E-state index in [0.29, 0.717) is 5.92 Å². The molecule has 1 aromatic carbocycles. The van der Waals surface area contributed by atoms with Gasteiger partial charge < -0.3 is 5.73 Å². The van der Waals surface area contributed by atoms with Crippen LogP contribution in [-0.2, 0) is 6.42 Å². The Morgan fingerprint density at radius 2 is 2.06 bits per heavy atom. The molecule has 96 valence electrons. The lowest BCUT2D eigenvalue weighted by atomic mass is 10.0. The Bertz CT molecular complexity index is 489. The van der Waals surface area contributed by atoms with Gasteiger partial charge in [-0.2, -0.15) is 0 Å². The van der Waals surface area contributed by atoms with Crippen molar-refractivity contribution in [1.82, 2.24) is 4.98 Å². The minimum Gasteiger partial charge on any atom is -0.330 e. The zero-order valence-corrected chi connectivity index (χ0v) is 12.8. The number of halogens is 1. The molecule has 0 saturated carbocycles. The molecule has 4 heteroatoms. The van der Waals surface area contributed by atoms with E-state index < -0.39 is 0 Å². The molecule has 0 aliphatic heterocycles. The third kappa shape index (κ3) is 3.40. The highest BCUT2D eigenvalue weighted by Crippen LogP contribution is 2.25. The third-order valence-corrected chi connectivity index (χ3v) is 4.47.